The second-order valence-electron chi connectivity index (χ2n) is 16.2. The van der Waals surface area contributed by atoms with Crippen LogP contribution in [0.3, 0.4) is 0 Å². The lowest BCUT2D eigenvalue weighted by Crippen LogP contribution is -2.71. The molecular formula is C32H52O5. The van der Waals surface area contributed by atoms with Gasteiger partial charge in [-0.3, -0.25) is 0 Å². The van der Waals surface area contributed by atoms with Gasteiger partial charge in [0.05, 0.1) is 36.9 Å². The third-order valence-electron chi connectivity index (χ3n) is 13.8. The van der Waals surface area contributed by atoms with Gasteiger partial charge in [0, 0.05) is 0 Å². The molecule has 1 heterocycles. The summed E-state index contributed by atoms with van der Waals surface area (Å²) >= 11 is 0. The summed E-state index contributed by atoms with van der Waals surface area (Å²) in [6.07, 6.45) is 9.27. The summed E-state index contributed by atoms with van der Waals surface area (Å²) in [4.78, 5) is 0. The van der Waals surface area contributed by atoms with Gasteiger partial charge < -0.3 is 24.8 Å². The molecule has 0 radical (unpaired) electrons. The summed E-state index contributed by atoms with van der Waals surface area (Å²) in [5.41, 5.74) is 1.38. The molecule has 0 bridgehead atoms. The van der Waals surface area contributed by atoms with E-state index in [0.717, 1.165) is 51.4 Å². The minimum Gasteiger partial charge on any atom is -0.393 e. The summed E-state index contributed by atoms with van der Waals surface area (Å²) in [6, 6.07) is 0. The Morgan fingerprint density at radius 2 is 1.62 bits per heavy atom. The predicted molar refractivity (Wildman–Crippen MR) is 144 cm³/mol. The van der Waals surface area contributed by atoms with Gasteiger partial charge in [-0.05, 0) is 96.2 Å². The highest BCUT2D eigenvalue weighted by molar-refractivity contribution is 5.36. The number of allylic oxidation sites excluding steroid dienone is 2. The second-order valence-corrected chi connectivity index (χ2v) is 16.2. The highest BCUT2D eigenvalue weighted by atomic mass is 16.7. The van der Waals surface area contributed by atoms with Crippen molar-refractivity contribution >= 4 is 0 Å². The minimum atomic E-state index is -0.590. The molecule has 4 saturated carbocycles. The van der Waals surface area contributed by atoms with Crippen LogP contribution in [0, 0.1) is 50.2 Å². The van der Waals surface area contributed by atoms with Crippen LogP contribution in [0.2, 0.25) is 0 Å². The number of ether oxygens (including phenoxy) is 2. The highest BCUT2D eigenvalue weighted by Crippen LogP contribution is 2.76. The Balaban J connectivity index is 1.44. The average Bonchev–Trinajstić information content (AvgIpc) is 2.81. The second kappa shape index (κ2) is 8.06. The Labute approximate surface area is 224 Å². The lowest BCUT2D eigenvalue weighted by atomic mass is 9.33. The van der Waals surface area contributed by atoms with Crippen LogP contribution in [0.4, 0.5) is 0 Å². The molecule has 210 valence electrons. The fraction of sp³-hybridized carbons (Fsp3) is 0.938. The van der Waals surface area contributed by atoms with Gasteiger partial charge in [-0.15, -0.1) is 0 Å². The molecule has 5 heteroatoms. The number of hydrogen-bond donors (Lipinski definition) is 3. The minimum absolute atomic E-state index is 0.0595. The number of aliphatic hydroxyl groups excluding tert-OH is 3. The van der Waals surface area contributed by atoms with Crippen molar-refractivity contribution in [3.8, 4) is 0 Å². The molecule has 5 aliphatic carbocycles. The van der Waals surface area contributed by atoms with Crippen molar-refractivity contribution in [2.45, 2.75) is 124 Å². The first-order valence-electron chi connectivity index (χ1n) is 15.1. The van der Waals surface area contributed by atoms with Gasteiger partial charge in [0.25, 0.3) is 0 Å². The molecule has 0 aromatic heterocycles. The fourth-order valence-corrected chi connectivity index (χ4v) is 11.6. The van der Waals surface area contributed by atoms with Gasteiger partial charge in [-0.25, -0.2) is 0 Å². The van der Waals surface area contributed by atoms with E-state index in [4.69, 9.17) is 9.47 Å². The summed E-state index contributed by atoms with van der Waals surface area (Å²) in [5.74, 6) is 1.29. The first kappa shape index (κ1) is 26.7. The zero-order chi connectivity index (χ0) is 26.8. The van der Waals surface area contributed by atoms with E-state index in [-0.39, 0.29) is 51.8 Å². The van der Waals surface area contributed by atoms with Gasteiger partial charge in [0.15, 0.2) is 6.29 Å². The van der Waals surface area contributed by atoms with Crippen LogP contribution in [0.1, 0.15) is 99.8 Å². The third kappa shape index (κ3) is 3.27. The third-order valence-corrected chi connectivity index (χ3v) is 13.8. The van der Waals surface area contributed by atoms with Crippen molar-refractivity contribution < 1.29 is 24.8 Å². The normalized spacial score (nSPS) is 56.1. The molecule has 5 fully saturated rings. The maximum atomic E-state index is 12.2. The monoisotopic (exact) mass is 516 g/mol. The Morgan fingerprint density at radius 3 is 2.32 bits per heavy atom. The first-order chi connectivity index (χ1) is 17.2. The fourth-order valence-electron chi connectivity index (χ4n) is 11.6. The van der Waals surface area contributed by atoms with E-state index in [1.54, 1.807) is 5.57 Å². The average molecular weight is 517 g/mol. The van der Waals surface area contributed by atoms with Crippen molar-refractivity contribution in [3.63, 3.8) is 0 Å². The maximum absolute atomic E-state index is 12.2. The molecule has 3 N–H and O–H groups in total. The molecule has 0 aromatic carbocycles. The maximum Gasteiger partial charge on any atom is 0.180 e. The van der Waals surface area contributed by atoms with Crippen molar-refractivity contribution in [1.82, 2.24) is 0 Å². The number of hydrogen-bond acceptors (Lipinski definition) is 5. The van der Waals surface area contributed by atoms with E-state index in [9.17, 15) is 15.3 Å². The molecule has 1 spiro atoms. The SMILES string of the molecule is CC1(C)C[C@@H]2OC(CO)OC[C@]23[C@H](O)C[C@]2(C)C(=CC[C@@H]4[C@@]5(C)CC[C@H](O)C(C)(C)[C@@H]5CC[C@]42C)[C@@H]3C1. The standard InChI is InChI=1S/C32H52O5/c1-27(2)14-20-19-8-9-22-29(5)12-11-23(34)28(3,4)21(29)10-13-30(22,6)31(19,7)15-24(35)32(20)18-36-26(17-33)37-25(32)16-27/h8,20-26,33-35H,9-18H2,1-7H3/t20-,21-,22+,23-,24+,25-,26?,29-,30+,31+,32-/m0/s1. The van der Waals surface area contributed by atoms with E-state index in [1.807, 2.05) is 0 Å². The molecule has 1 aliphatic heterocycles. The first-order valence-corrected chi connectivity index (χ1v) is 15.1. The van der Waals surface area contributed by atoms with Gasteiger partial charge in [0.1, 0.15) is 0 Å². The van der Waals surface area contributed by atoms with E-state index in [2.05, 4.69) is 54.5 Å². The molecule has 5 nitrogen and oxygen atoms in total. The van der Waals surface area contributed by atoms with E-state index in [1.165, 1.54) is 0 Å². The van der Waals surface area contributed by atoms with E-state index >= 15 is 0 Å². The van der Waals surface area contributed by atoms with Crippen LogP contribution >= 0.6 is 0 Å². The highest BCUT2D eigenvalue weighted by Gasteiger charge is 2.72. The summed E-state index contributed by atoms with van der Waals surface area (Å²) in [6.45, 7) is 17.2. The van der Waals surface area contributed by atoms with Crippen molar-refractivity contribution in [3.05, 3.63) is 11.6 Å². The topological polar surface area (TPSA) is 79.2 Å². The zero-order valence-electron chi connectivity index (χ0n) is 24.3. The van der Waals surface area contributed by atoms with E-state index < -0.39 is 17.8 Å². The van der Waals surface area contributed by atoms with Crippen LogP contribution in [-0.2, 0) is 9.47 Å². The summed E-state index contributed by atoms with van der Waals surface area (Å²) in [5, 5.41) is 32.9. The summed E-state index contributed by atoms with van der Waals surface area (Å²) < 4.78 is 12.5. The van der Waals surface area contributed by atoms with E-state index in [0.29, 0.717) is 18.4 Å². The molecule has 1 saturated heterocycles. The largest absolute Gasteiger partial charge is 0.393 e. The van der Waals surface area contributed by atoms with Crippen molar-refractivity contribution in [2.24, 2.45) is 50.2 Å². The lowest BCUT2D eigenvalue weighted by Gasteiger charge is -2.73. The summed E-state index contributed by atoms with van der Waals surface area (Å²) in [7, 11) is 0. The van der Waals surface area contributed by atoms with Crippen molar-refractivity contribution in [2.75, 3.05) is 13.2 Å². The van der Waals surface area contributed by atoms with Crippen LogP contribution in [0.15, 0.2) is 11.6 Å². The van der Waals surface area contributed by atoms with Gasteiger partial charge in [-0.1, -0.05) is 60.1 Å². The Kier molecular flexibility index (Phi) is 5.82. The molecule has 6 rings (SSSR count). The number of rotatable bonds is 1. The molecule has 1 unspecified atom stereocenters. The van der Waals surface area contributed by atoms with Crippen LogP contribution in [0.5, 0.6) is 0 Å². The van der Waals surface area contributed by atoms with Crippen molar-refractivity contribution in [1.29, 1.82) is 0 Å². The molecule has 0 aromatic rings. The molecular weight excluding hydrogens is 464 g/mol. The predicted octanol–water partition coefficient (Wildman–Crippen LogP) is 5.46. The Morgan fingerprint density at radius 1 is 0.892 bits per heavy atom. The molecule has 11 atom stereocenters. The number of aliphatic hydroxyl groups is 3. The van der Waals surface area contributed by atoms with Gasteiger partial charge in [-0.2, -0.15) is 0 Å². The quantitative estimate of drug-likeness (QED) is 0.403. The molecule has 37 heavy (non-hydrogen) atoms. The lowest BCUT2D eigenvalue weighted by molar-refractivity contribution is -0.333. The smallest absolute Gasteiger partial charge is 0.180 e. The van der Waals surface area contributed by atoms with Crippen LogP contribution in [-0.4, -0.2) is 53.1 Å². The van der Waals surface area contributed by atoms with Gasteiger partial charge in [0.2, 0.25) is 0 Å². The molecule has 0 amide bonds. The zero-order valence-corrected chi connectivity index (χ0v) is 24.3. The van der Waals surface area contributed by atoms with Crippen LogP contribution in [0.25, 0.3) is 0 Å². The molecule has 6 aliphatic rings. The Hall–Kier alpha value is -0.460. The van der Waals surface area contributed by atoms with Crippen LogP contribution < -0.4 is 0 Å². The van der Waals surface area contributed by atoms with Gasteiger partial charge >= 0.3 is 0 Å². The number of fused-ring (bicyclic) bond motifs is 6. The Bertz CT molecular complexity index is 972.